The third-order valence-corrected chi connectivity index (χ3v) is 4.53. The maximum atomic E-state index is 13.5. The van der Waals surface area contributed by atoms with Gasteiger partial charge >= 0.3 is 0 Å². The lowest BCUT2D eigenvalue weighted by Gasteiger charge is -2.20. The summed E-state index contributed by atoms with van der Waals surface area (Å²) in [5.41, 5.74) is 7.04. The number of ketones is 1. The fourth-order valence-corrected chi connectivity index (χ4v) is 3.06. The second-order valence-electron chi connectivity index (χ2n) is 6.22. The summed E-state index contributed by atoms with van der Waals surface area (Å²) in [7, 11) is 1.59. The molecule has 0 radical (unpaired) electrons. The number of aromatic nitrogens is 1. The Labute approximate surface area is 156 Å². The first-order chi connectivity index (χ1) is 12.6. The van der Waals surface area contributed by atoms with Crippen LogP contribution in [0.5, 0.6) is 0 Å². The van der Waals surface area contributed by atoms with Gasteiger partial charge in [0, 0.05) is 18.4 Å². The summed E-state index contributed by atoms with van der Waals surface area (Å²) < 4.78 is 15.0. The molecule has 0 saturated carbocycles. The van der Waals surface area contributed by atoms with Crippen molar-refractivity contribution in [3.63, 3.8) is 0 Å². The first kappa shape index (κ1) is 19.9. The van der Waals surface area contributed by atoms with Crippen LogP contribution < -0.4 is 10.6 Å². The summed E-state index contributed by atoms with van der Waals surface area (Å²) in [5.74, 6) is -0.478. The molecule has 2 aromatic rings. The zero-order valence-electron chi connectivity index (χ0n) is 15.6. The molecule has 0 aliphatic heterocycles. The summed E-state index contributed by atoms with van der Waals surface area (Å²) in [4.78, 5) is 38.6. The Bertz CT molecular complexity index is 999. The van der Waals surface area contributed by atoms with Gasteiger partial charge in [0.05, 0.1) is 12.1 Å². The number of carbonyl (C=O) groups is 3. The first-order valence-corrected chi connectivity index (χ1v) is 8.13. The molecule has 27 heavy (non-hydrogen) atoms. The van der Waals surface area contributed by atoms with Crippen LogP contribution >= 0.6 is 0 Å². The van der Waals surface area contributed by atoms with E-state index < -0.39 is 23.4 Å². The van der Waals surface area contributed by atoms with E-state index in [0.29, 0.717) is 22.5 Å². The Kier molecular flexibility index (Phi) is 5.50. The molecule has 0 bridgehead atoms. The molecule has 1 aromatic heterocycles. The molecule has 7 heteroatoms. The number of hydrogen-bond donors (Lipinski definition) is 1. The zero-order chi connectivity index (χ0) is 20.5. The molecule has 0 aliphatic carbocycles. The lowest BCUT2D eigenvalue weighted by atomic mass is 10.0. The lowest BCUT2D eigenvalue weighted by Crippen LogP contribution is -2.37. The summed E-state index contributed by atoms with van der Waals surface area (Å²) in [6.45, 7) is 4.56. The molecule has 1 heterocycles. The highest BCUT2D eigenvalue weighted by Crippen LogP contribution is 2.24. The standard InChI is InChI=1S/C20H20FN3O3/c1-6-9-24(14-7-8-15(21)11(2)10-14)20(27)18(25)16-12(3)17(19(22)26)23(5)13(16)4/h1,7-8,10H,9H2,2-5H3,(H2,22,26). The minimum absolute atomic E-state index is 0.108. The second kappa shape index (κ2) is 7.46. The fraction of sp³-hybridized carbons (Fsp3) is 0.250. The van der Waals surface area contributed by atoms with Crippen molar-refractivity contribution in [1.29, 1.82) is 0 Å². The summed E-state index contributed by atoms with van der Waals surface area (Å²) in [6.07, 6.45) is 5.34. The van der Waals surface area contributed by atoms with E-state index in [1.54, 1.807) is 27.8 Å². The van der Waals surface area contributed by atoms with Crippen LogP contribution in [0.25, 0.3) is 0 Å². The Morgan fingerprint density at radius 3 is 2.37 bits per heavy atom. The number of hydrogen-bond acceptors (Lipinski definition) is 3. The zero-order valence-corrected chi connectivity index (χ0v) is 15.6. The molecular weight excluding hydrogens is 349 g/mol. The quantitative estimate of drug-likeness (QED) is 0.497. The van der Waals surface area contributed by atoms with Crippen LogP contribution in [0.4, 0.5) is 10.1 Å². The van der Waals surface area contributed by atoms with Crippen LogP contribution in [0, 0.1) is 38.9 Å². The predicted octanol–water partition coefficient (Wildman–Crippen LogP) is 2.04. The van der Waals surface area contributed by atoms with Gasteiger partial charge in [-0.15, -0.1) is 6.42 Å². The van der Waals surface area contributed by atoms with E-state index in [0.717, 1.165) is 4.90 Å². The summed E-state index contributed by atoms with van der Waals surface area (Å²) in [5, 5.41) is 0. The van der Waals surface area contributed by atoms with Crippen molar-refractivity contribution in [2.75, 3.05) is 11.4 Å². The van der Waals surface area contributed by atoms with E-state index in [2.05, 4.69) is 5.92 Å². The monoisotopic (exact) mass is 369 g/mol. The Balaban J connectivity index is 2.53. The number of benzene rings is 1. The minimum Gasteiger partial charge on any atom is -0.364 e. The van der Waals surface area contributed by atoms with Crippen molar-refractivity contribution in [3.8, 4) is 12.3 Å². The number of anilines is 1. The van der Waals surface area contributed by atoms with E-state index in [1.165, 1.54) is 22.8 Å². The second-order valence-corrected chi connectivity index (χ2v) is 6.22. The van der Waals surface area contributed by atoms with Gasteiger partial charge in [-0.3, -0.25) is 19.3 Å². The number of halogens is 1. The van der Waals surface area contributed by atoms with Gasteiger partial charge < -0.3 is 10.3 Å². The van der Waals surface area contributed by atoms with Gasteiger partial charge in [0.25, 0.3) is 17.6 Å². The van der Waals surface area contributed by atoms with Gasteiger partial charge in [0.2, 0.25) is 0 Å². The highest BCUT2D eigenvalue weighted by Gasteiger charge is 2.31. The number of amides is 2. The third kappa shape index (κ3) is 3.47. The van der Waals surface area contributed by atoms with Gasteiger partial charge in [-0.05, 0) is 50.1 Å². The van der Waals surface area contributed by atoms with Gasteiger partial charge in [-0.2, -0.15) is 0 Å². The van der Waals surface area contributed by atoms with Crippen molar-refractivity contribution in [1.82, 2.24) is 4.57 Å². The van der Waals surface area contributed by atoms with Gasteiger partial charge in [0.15, 0.2) is 0 Å². The SMILES string of the molecule is C#CCN(C(=O)C(=O)c1c(C)c(C(N)=O)n(C)c1C)c1ccc(F)c(C)c1. The average molecular weight is 369 g/mol. The maximum Gasteiger partial charge on any atom is 0.300 e. The molecule has 6 nitrogen and oxygen atoms in total. The summed E-state index contributed by atoms with van der Waals surface area (Å²) in [6, 6.07) is 4.03. The summed E-state index contributed by atoms with van der Waals surface area (Å²) >= 11 is 0. The predicted molar refractivity (Wildman–Crippen MR) is 100 cm³/mol. The lowest BCUT2D eigenvalue weighted by molar-refractivity contribution is -0.114. The number of nitrogens with two attached hydrogens (primary N) is 1. The van der Waals surface area contributed by atoms with E-state index in [1.807, 2.05) is 0 Å². The van der Waals surface area contributed by atoms with Crippen molar-refractivity contribution in [3.05, 3.63) is 52.1 Å². The molecule has 1 aromatic carbocycles. The van der Waals surface area contributed by atoms with Crippen molar-refractivity contribution in [2.24, 2.45) is 12.8 Å². The smallest absolute Gasteiger partial charge is 0.300 e. The van der Waals surface area contributed by atoms with E-state index in [4.69, 9.17) is 12.2 Å². The van der Waals surface area contributed by atoms with Gasteiger partial charge in [-0.1, -0.05) is 5.92 Å². The topological polar surface area (TPSA) is 85.4 Å². The Hall–Kier alpha value is -3.40. The van der Waals surface area contributed by atoms with Gasteiger partial charge in [0.1, 0.15) is 11.5 Å². The minimum atomic E-state index is -0.869. The number of carbonyl (C=O) groups excluding carboxylic acids is 3. The molecule has 2 N–H and O–H groups in total. The van der Waals surface area contributed by atoms with Crippen LogP contribution in [0.3, 0.4) is 0 Å². The number of Topliss-reactive ketones (excluding diaryl/α,β-unsaturated/α-hetero) is 1. The fourth-order valence-electron chi connectivity index (χ4n) is 3.06. The highest BCUT2D eigenvalue weighted by atomic mass is 19.1. The largest absolute Gasteiger partial charge is 0.364 e. The maximum absolute atomic E-state index is 13.5. The first-order valence-electron chi connectivity index (χ1n) is 8.13. The van der Waals surface area contributed by atoms with Crippen molar-refractivity contribution < 1.29 is 18.8 Å². The third-order valence-electron chi connectivity index (χ3n) is 4.53. The highest BCUT2D eigenvalue weighted by molar-refractivity contribution is 6.47. The molecular formula is C20H20FN3O3. The molecule has 2 rings (SSSR count). The van der Waals surface area contributed by atoms with Gasteiger partial charge in [-0.25, -0.2) is 4.39 Å². The number of rotatable bonds is 5. The Morgan fingerprint density at radius 1 is 1.26 bits per heavy atom. The van der Waals surface area contributed by atoms with Crippen LogP contribution in [0.15, 0.2) is 18.2 Å². The average Bonchev–Trinajstić information content (AvgIpc) is 2.83. The number of primary amides is 1. The van der Waals surface area contributed by atoms with E-state index in [9.17, 15) is 18.8 Å². The van der Waals surface area contributed by atoms with E-state index in [-0.39, 0.29) is 17.8 Å². The normalized spacial score (nSPS) is 10.4. The van der Waals surface area contributed by atoms with Crippen molar-refractivity contribution >= 4 is 23.3 Å². The molecule has 0 spiro atoms. The molecule has 0 atom stereocenters. The van der Waals surface area contributed by atoms with E-state index >= 15 is 0 Å². The molecule has 2 amide bonds. The van der Waals surface area contributed by atoms with Crippen LogP contribution in [0.2, 0.25) is 0 Å². The molecule has 0 aliphatic rings. The Morgan fingerprint density at radius 2 is 1.89 bits per heavy atom. The molecule has 0 unspecified atom stereocenters. The molecule has 140 valence electrons. The number of nitrogens with zero attached hydrogens (tertiary/aromatic N) is 2. The number of terminal acetylenes is 1. The van der Waals surface area contributed by atoms with Crippen molar-refractivity contribution in [2.45, 2.75) is 20.8 Å². The molecule has 0 saturated heterocycles. The number of aryl methyl sites for hydroxylation is 1. The van der Waals surface area contributed by atoms with Crippen LogP contribution in [-0.4, -0.2) is 28.7 Å². The van der Waals surface area contributed by atoms with Crippen LogP contribution in [0.1, 0.15) is 37.7 Å². The molecule has 0 fully saturated rings. The van der Waals surface area contributed by atoms with Crippen LogP contribution in [-0.2, 0) is 11.8 Å².